The van der Waals surface area contributed by atoms with E-state index in [4.69, 9.17) is 0 Å². The third kappa shape index (κ3) is 3.35. The zero-order chi connectivity index (χ0) is 18.1. The lowest BCUT2D eigenvalue weighted by molar-refractivity contribution is 0.102. The van der Waals surface area contributed by atoms with Crippen LogP contribution < -0.4 is 10.9 Å². The van der Waals surface area contributed by atoms with E-state index in [2.05, 4.69) is 26.2 Å². The van der Waals surface area contributed by atoms with E-state index in [1.165, 1.54) is 0 Å². The van der Waals surface area contributed by atoms with Gasteiger partial charge in [0.2, 0.25) is 0 Å². The molecule has 5 nitrogen and oxygen atoms in total. The van der Waals surface area contributed by atoms with Gasteiger partial charge < -0.3 is 9.88 Å². The number of aromatic nitrogens is 2. The summed E-state index contributed by atoms with van der Waals surface area (Å²) in [6.07, 6.45) is 0. The fourth-order valence-electron chi connectivity index (χ4n) is 2.76. The first-order valence-electron chi connectivity index (χ1n) is 7.99. The second kappa shape index (κ2) is 6.80. The van der Waals surface area contributed by atoms with Crippen LogP contribution in [0.25, 0.3) is 11.0 Å². The maximum Gasteiger partial charge on any atom is 0.272 e. The van der Waals surface area contributed by atoms with Crippen molar-refractivity contribution in [3.8, 4) is 0 Å². The number of benzene rings is 2. The average molecular weight is 400 g/mol. The maximum absolute atomic E-state index is 12.5. The summed E-state index contributed by atoms with van der Waals surface area (Å²) in [6.45, 7) is 6.12. The number of anilines is 1. The van der Waals surface area contributed by atoms with Crippen LogP contribution in [0.1, 0.15) is 28.5 Å². The summed E-state index contributed by atoms with van der Waals surface area (Å²) in [5.41, 5.74) is 3.97. The van der Waals surface area contributed by atoms with Gasteiger partial charge in [0, 0.05) is 22.3 Å². The van der Waals surface area contributed by atoms with Gasteiger partial charge in [-0.15, -0.1) is 0 Å². The van der Waals surface area contributed by atoms with Crippen LogP contribution in [-0.2, 0) is 6.54 Å². The fraction of sp³-hybridized carbons (Fsp3) is 0.211. The summed E-state index contributed by atoms with van der Waals surface area (Å²) in [5.74, 6) is -0.211. The molecule has 2 aromatic carbocycles. The summed E-state index contributed by atoms with van der Waals surface area (Å²) in [5, 5.41) is 2.89. The molecule has 0 saturated carbocycles. The molecule has 0 bridgehead atoms. The van der Waals surface area contributed by atoms with E-state index in [1.54, 1.807) is 29.7 Å². The van der Waals surface area contributed by atoms with Gasteiger partial charge in [0.1, 0.15) is 5.69 Å². The Bertz CT molecular complexity index is 1040. The summed E-state index contributed by atoms with van der Waals surface area (Å²) in [4.78, 5) is 29.0. The predicted molar refractivity (Wildman–Crippen MR) is 103 cm³/mol. The van der Waals surface area contributed by atoms with Crippen molar-refractivity contribution in [2.45, 2.75) is 27.3 Å². The highest BCUT2D eigenvalue weighted by Gasteiger charge is 2.11. The van der Waals surface area contributed by atoms with E-state index in [0.717, 1.165) is 21.2 Å². The topological polar surface area (TPSA) is 64.0 Å². The Balaban J connectivity index is 1.98. The van der Waals surface area contributed by atoms with Gasteiger partial charge in [-0.2, -0.15) is 0 Å². The van der Waals surface area contributed by atoms with Crippen LogP contribution >= 0.6 is 15.9 Å². The quantitative estimate of drug-likeness (QED) is 0.722. The number of halogens is 1. The molecule has 0 spiro atoms. The summed E-state index contributed by atoms with van der Waals surface area (Å²) < 4.78 is 2.66. The van der Waals surface area contributed by atoms with E-state index >= 15 is 0 Å². The van der Waals surface area contributed by atoms with Gasteiger partial charge in [0.05, 0.1) is 11.0 Å². The van der Waals surface area contributed by atoms with Crippen molar-refractivity contribution >= 4 is 38.6 Å². The first kappa shape index (κ1) is 17.4. The zero-order valence-electron chi connectivity index (χ0n) is 14.3. The molecule has 0 unspecified atom stereocenters. The van der Waals surface area contributed by atoms with Crippen molar-refractivity contribution in [2.75, 3.05) is 5.32 Å². The number of fused-ring (bicyclic) bond motifs is 1. The molecular formula is C19H18BrN3O2. The number of nitrogens with one attached hydrogen (secondary N) is 1. The number of hydrogen-bond donors (Lipinski definition) is 1. The lowest BCUT2D eigenvalue weighted by Crippen LogP contribution is -2.23. The second-order valence-corrected chi connectivity index (χ2v) is 6.72. The first-order valence-corrected chi connectivity index (χ1v) is 8.78. The van der Waals surface area contributed by atoms with E-state index in [0.29, 0.717) is 23.3 Å². The molecule has 3 rings (SSSR count). The molecule has 0 fully saturated rings. The lowest BCUT2D eigenvalue weighted by atomic mass is 10.1. The number of carbonyl (C=O) groups excluding carboxylic acids is 1. The van der Waals surface area contributed by atoms with Gasteiger partial charge >= 0.3 is 0 Å². The molecule has 3 aromatic rings. The Morgan fingerprint density at radius 3 is 2.64 bits per heavy atom. The van der Waals surface area contributed by atoms with Gasteiger partial charge in [-0.3, -0.25) is 9.59 Å². The lowest BCUT2D eigenvalue weighted by Gasteiger charge is -2.11. The van der Waals surface area contributed by atoms with E-state index < -0.39 is 0 Å². The average Bonchev–Trinajstić information content (AvgIpc) is 2.59. The number of carbonyl (C=O) groups is 1. The molecule has 1 amide bonds. The molecule has 0 saturated heterocycles. The van der Waals surface area contributed by atoms with Crippen LogP contribution in [0.2, 0.25) is 0 Å². The Morgan fingerprint density at radius 1 is 1.20 bits per heavy atom. The van der Waals surface area contributed by atoms with E-state index in [9.17, 15) is 9.59 Å². The molecule has 0 atom stereocenters. The Labute approximate surface area is 153 Å². The molecule has 0 aliphatic carbocycles. The van der Waals surface area contributed by atoms with Gasteiger partial charge in [-0.1, -0.05) is 15.9 Å². The molecule has 1 heterocycles. The number of hydrogen-bond acceptors (Lipinski definition) is 3. The highest BCUT2D eigenvalue weighted by molar-refractivity contribution is 9.10. The smallest absolute Gasteiger partial charge is 0.272 e. The predicted octanol–water partition coefficient (Wildman–Crippen LogP) is 4.05. The van der Waals surface area contributed by atoms with E-state index in [1.807, 2.05) is 32.0 Å². The van der Waals surface area contributed by atoms with Gasteiger partial charge in [0.25, 0.3) is 11.5 Å². The second-order valence-electron chi connectivity index (χ2n) is 5.87. The van der Waals surface area contributed by atoms with Crippen molar-refractivity contribution < 1.29 is 4.79 Å². The molecule has 0 radical (unpaired) electrons. The highest BCUT2D eigenvalue weighted by Crippen LogP contribution is 2.21. The minimum absolute atomic E-state index is 0.0995. The zero-order valence-corrected chi connectivity index (χ0v) is 15.8. The molecule has 6 heteroatoms. The van der Waals surface area contributed by atoms with Gasteiger partial charge in [-0.05, 0) is 62.7 Å². The molecule has 1 N–H and O–H groups in total. The molecule has 128 valence electrons. The summed E-state index contributed by atoms with van der Waals surface area (Å²) in [6, 6.07) is 10.8. The number of aryl methyl sites for hydroxylation is 3. The number of rotatable bonds is 3. The van der Waals surface area contributed by atoms with Crippen molar-refractivity contribution in [1.82, 2.24) is 9.55 Å². The normalized spacial score (nSPS) is 10.9. The third-order valence-electron chi connectivity index (χ3n) is 4.10. The van der Waals surface area contributed by atoms with Crippen LogP contribution in [0.4, 0.5) is 5.69 Å². The summed E-state index contributed by atoms with van der Waals surface area (Å²) in [7, 11) is 0. The minimum atomic E-state index is -0.211. The van der Waals surface area contributed by atoms with Crippen molar-refractivity contribution in [2.24, 2.45) is 0 Å². The SMILES string of the molecule is CCn1c(=O)c(C)nc2cc(C(=O)Nc3ccc(Br)c(C)c3)ccc21. The third-order valence-corrected chi connectivity index (χ3v) is 4.99. The Morgan fingerprint density at radius 2 is 1.96 bits per heavy atom. The minimum Gasteiger partial charge on any atom is -0.322 e. The molecule has 1 aromatic heterocycles. The monoisotopic (exact) mass is 399 g/mol. The number of nitrogens with zero attached hydrogens (tertiary/aromatic N) is 2. The Hall–Kier alpha value is -2.47. The molecule has 25 heavy (non-hydrogen) atoms. The van der Waals surface area contributed by atoms with Crippen molar-refractivity contribution in [1.29, 1.82) is 0 Å². The largest absolute Gasteiger partial charge is 0.322 e. The standard InChI is InChI=1S/C19H18BrN3O2/c1-4-23-17-8-5-13(10-16(17)21-12(3)19(23)25)18(24)22-14-6-7-15(20)11(2)9-14/h5-10H,4H2,1-3H3,(H,22,24). The summed E-state index contributed by atoms with van der Waals surface area (Å²) >= 11 is 3.44. The van der Waals surface area contributed by atoms with Gasteiger partial charge in [0.15, 0.2) is 0 Å². The Kier molecular flexibility index (Phi) is 4.72. The number of amides is 1. The highest BCUT2D eigenvalue weighted by atomic mass is 79.9. The fourth-order valence-corrected chi connectivity index (χ4v) is 3.00. The van der Waals surface area contributed by atoms with Crippen LogP contribution in [-0.4, -0.2) is 15.5 Å². The van der Waals surface area contributed by atoms with Crippen LogP contribution in [0.15, 0.2) is 45.7 Å². The molecule has 0 aliphatic heterocycles. The van der Waals surface area contributed by atoms with Crippen molar-refractivity contribution in [3.05, 3.63) is 68.0 Å². The molecule has 0 aliphatic rings. The van der Waals surface area contributed by atoms with Crippen LogP contribution in [0, 0.1) is 13.8 Å². The van der Waals surface area contributed by atoms with Gasteiger partial charge in [-0.25, -0.2) is 4.98 Å². The van der Waals surface area contributed by atoms with Crippen LogP contribution in [0.5, 0.6) is 0 Å². The maximum atomic E-state index is 12.5. The van der Waals surface area contributed by atoms with Crippen LogP contribution in [0.3, 0.4) is 0 Å². The van der Waals surface area contributed by atoms with E-state index in [-0.39, 0.29) is 11.5 Å². The van der Waals surface area contributed by atoms with Crippen molar-refractivity contribution in [3.63, 3.8) is 0 Å². The first-order chi connectivity index (χ1) is 11.9. The molecular weight excluding hydrogens is 382 g/mol.